The average Bonchev–Trinajstić information content (AvgIpc) is 2.60. The van der Waals surface area contributed by atoms with E-state index in [-0.39, 0.29) is 17.3 Å². The summed E-state index contributed by atoms with van der Waals surface area (Å²) >= 11 is 0. The van der Waals surface area contributed by atoms with Gasteiger partial charge in [-0.15, -0.1) is 0 Å². The largest absolute Gasteiger partial charge is 0.444 e. The zero-order valence-electron chi connectivity index (χ0n) is 18.0. The maximum atomic E-state index is 13.2. The molecule has 0 unspecified atom stereocenters. The molecule has 6 heteroatoms. The fraction of sp³-hybridized carbons (Fsp3) is 0.478. The Labute approximate surface area is 171 Å². The molecule has 0 spiro atoms. The number of ether oxygens (including phenoxy) is 2. The van der Waals surface area contributed by atoms with Crippen molar-refractivity contribution in [3.63, 3.8) is 0 Å². The highest BCUT2D eigenvalue weighted by Crippen LogP contribution is 2.36. The summed E-state index contributed by atoms with van der Waals surface area (Å²) in [6.07, 6.45) is 0.311. The Kier molecular flexibility index (Phi) is 5.57. The van der Waals surface area contributed by atoms with Crippen LogP contribution in [0.2, 0.25) is 0 Å². The maximum absolute atomic E-state index is 13.2. The molecule has 0 saturated heterocycles. The summed E-state index contributed by atoms with van der Waals surface area (Å²) in [6.45, 7) is 12.8. The number of hydrogen-bond donors (Lipinski definition) is 0. The molecule has 1 amide bonds. The maximum Gasteiger partial charge on any atom is 0.410 e. The number of fused-ring (bicyclic) bond motifs is 1. The lowest BCUT2D eigenvalue weighted by atomic mass is 9.86. The topological polar surface area (TPSA) is 51.7 Å². The minimum absolute atomic E-state index is 0.217. The summed E-state index contributed by atoms with van der Waals surface area (Å²) in [7, 11) is 0. The minimum atomic E-state index is -0.529. The van der Waals surface area contributed by atoms with Crippen molar-refractivity contribution in [1.29, 1.82) is 0 Å². The van der Waals surface area contributed by atoms with Crippen molar-refractivity contribution in [3.05, 3.63) is 53.0 Å². The van der Waals surface area contributed by atoms with Crippen LogP contribution in [0.3, 0.4) is 0 Å². The lowest BCUT2D eigenvalue weighted by molar-refractivity contribution is 0.0222. The number of aromatic nitrogens is 1. The Morgan fingerprint density at radius 2 is 1.76 bits per heavy atom. The van der Waals surface area contributed by atoms with Crippen LogP contribution in [0, 0.1) is 5.82 Å². The quantitative estimate of drug-likeness (QED) is 0.658. The van der Waals surface area contributed by atoms with Crippen LogP contribution >= 0.6 is 0 Å². The molecule has 1 aliphatic rings. The molecule has 2 aromatic rings. The fourth-order valence-electron chi connectivity index (χ4n) is 3.16. The number of rotatable bonds is 2. The molecule has 1 aromatic heterocycles. The second-order valence-corrected chi connectivity index (χ2v) is 9.40. The van der Waals surface area contributed by atoms with Crippen molar-refractivity contribution in [2.45, 2.75) is 65.5 Å². The monoisotopic (exact) mass is 400 g/mol. The van der Waals surface area contributed by atoms with E-state index in [9.17, 15) is 9.18 Å². The molecule has 3 rings (SSSR count). The van der Waals surface area contributed by atoms with Crippen molar-refractivity contribution in [1.82, 2.24) is 9.88 Å². The van der Waals surface area contributed by atoms with E-state index in [1.165, 1.54) is 12.1 Å². The minimum Gasteiger partial charge on any atom is -0.444 e. The molecule has 1 aliphatic heterocycles. The van der Waals surface area contributed by atoms with E-state index in [0.717, 1.165) is 16.8 Å². The van der Waals surface area contributed by atoms with E-state index in [0.29, 0.717) is 31.1 Å². The summed E-state index contributed by atoms with van der Waals surface area (Å²) in [5, 5.41) is 0. The Morgan fingerprint density at radius 3 is 2.34 bits per heavy atom. The van der Waals surface area contributed by atoms with Crippen molar-refractivity contribution in [2.24, 2.45) is 0 Å². The zero-order valence-corrected chi connectivity index (χ0v) is 18.0. The summed E-state index contributed by atoms with van der Waals surface area (Å²) in [5.74, 6) is 0.748. The molecule has 5 nitrogen and oxygen atoms in total. The van der Waals surface area contributed by atoms with Crippen LogP contribution in [0.25, 0.3) is 0 Å². The molecule has 0 radical (unpaired) electrons. The van der Waals surface area contributed by atoms with Gasteiger partial charge >= 0.3 is 6.09 Å². The van der Waals surface area contributed by atoms with Gasteiger partial charge in [0, 0.05) is 18.5 Å². The molecule has 29 heavy (non-hydrogen) atoms. The van der Waals surface area contributed by atoms with Gasteiger partial charge in [-0.1, -0.05) is 20.8 Å². The van der Waals surface area contributed by atoms with Gasteiger partial charge in [-0.05, 0) is 62.1 Å². The summed E-state index contributed by atoms with van der Waals surface area (Å²) < 4.78 is 24.7. The first-order chi connectivity index (χ1) is 13.4. The van der Waals surface area contributed by atoms with Gasteiger partial charge in [-0.3, -0.25) is 0 Å². The number of amides is 1. The molecule has 0 bridgehead atoms. The number of pyridine rings is 1. The SMILES string of the molecule is CC(C)(C)OC(=O)N1CCc2nc(Oc3ccc(F)cc3)c(C(C)(C)C)cc2C1. The van der Waals surface area contributed by atoms with Gasteiger partial charge in [0.1, 0.15) is 17.2 Å². The molecular formula is C23H29FN2O3. The number of benzene rings is 1. The fourth-order valence-corrected chi connectivity index (χ4v) is 3.16. The molecule has 0 fully saturated rings. The van der Waals surface area contributed by atoms with Gasteiger partial charge in [0.25, 0.3) is 0 Å². The molecule has 1 aromatic carbocycles. The number of nitrogens with zero attached hydrogens (tertiary/aromatic N) is 2. The van der Waals surface area contributed by atoms with E-state index in [4.69, 9.17) is 14.5 Å². The second-order valence-electron chi connectivity index (χ2n) is 9.40. The van der Waals surface area contributed by atoms with Crippen molar-refractivity contribution >= 4 is 6.09 Å². The number of carbonyl (C=O) groups is 1. The highest BCUT2D eigenvalue weighted by molar-refractivity contribution is 5.68. The highest BCUT2D eigenvalue weighted by Gasteiger charge is 2.29. The van der Waals surface area contributed by atoms with E-state index in [1.807, 2.05) is 20.8 Å². The molecule has 0 saturated carbocycles. The molecule has 0 aliphatic carbocycles. The van der Waals surface area contributed by atoms with Crippen LogP contribution in [0.5, 0.6) is 11.6 Å². The third-order valence-corrected chi connectivity index (χ3v) is 4.62. The molecule has 0 atom stereocenters. The first-order valence-electron chi connectivity index (χ1n) is 9.87. The summed E-state index contributed by atoms with van der Waals surface area (Å²) in [6, 6.07) is 7.98. The Hall–Kier alpha value is -2.63. The first kappa shape index (κ1) is 21.1. The zero-order chi connectivity index (χ0) is 21.4. The third-order valence-electron chi connectivity index (χ3n) is 4.62. The Balaban J connectivity index is 1.90. The average molecular weight is 400 g/mol. The lowest BCUT2D eigenvalue weighted by Gasteiger charge is -2.32. The summed E-state index contributed by atoms with van der Waals surface area (Å²) in [4.78, 5) is 19.0. The normalized spacial score (nSPS) is 14.4. The van der Waals surface area contributed by atoms with Gasteiger partial charge < -0.3 is 14.4 Å². The van der Waals surface area contributed by atoms with Gasteiger partial charge in [-0.25, -0.2) is 14.2 Å². The van der Waals surface area contributed by atoms with Gasteiger partial charge in [0.2, 0.25) is 5.88 Å². The molecular weight excluding hydrogens is 371 g/mol. The predicted molar refractivity (Wildman–Crippen MR) is 110 cm³/mol. The van der Waals surface area contributed by atoms with E-state index in [1.54, 1.807) is 17.0 Å². The Bertz CT molecular complexity index is 896. The standard InChI is InChI=1S/C23H29FN2O3/c1-22(2,3)18-13-15-14-26(21(27)29-23(4,5)6)12-11-19(15)25-20(18)28-17-9-7-16(24)8-10-17/h7-10,13H,11-12,14H2,1-6H3. The number of hydrogen-bond acceptors (Lipinski definition) is 4. The predicted octanol–water partition coefficient (Wildman–Crippen LogP) is 5.60. The third kappa shape index (κ3) is 5.25. The van der Waals surface area contributed by atoms with E-state index >= 15 is 0 Å². The van der Waals surface area contributed by atoms with Gasteiger partial charge in [0.15, 0.2) is 0 Å². The molecule has 0 N–H and O–H groups in total. The van der Waals surface area contributed by atoms with E-state index < -0.39 is 5.60 Å². The number of halogens is 1. The lowest BCUT2D eigenvalue weighted by Crippen LogP contribution is -2.40. The molecule has 156 valence electrons. The van der Waals surface area contributed by atoms with Crippen LogP contribution in [0.4, 0.5) is 9.18 Å². The van der Waals surface area contributed by atoms with Crippen LogP contribution in [0.1, 0.15) is 58.4 Å². The van der Waals surface area contributed by atoms with E-state index in [2.05, 4.69) is 26.8 Å². The Morgan fingerprint density at radius 1 is 1.10 bits per heavy atom. The van der Waals surface area contributed by atoms with Gasteiger partial charge in [-0.2, -0.15) is 0 Å². The van der Waals surface area contributed by atoms with Crippen molar-refractivity contribution in [3.8, 4) is 11.6 Å². The van der Waals surface area contributed by atoms with Crippen LogP contribution in [-0.2, 0) is 23.1 Å². The van der Waals surface area contributed by atoms with Crippen molar-refractivity contribution < 1.29 is 18.7 Å². The number of carbonyl (C=O) groups excluding carboxylic acids is 1. The summed E-state index contributed by atoms with van der Waals surface area (Å²) in [5.41, 5.74) is 2.10. The highest BCUT2D eigenvalue weighted by atomic mass is 19.1. The second kappa shape index (κ2) is 7.65. The van der Waals surface area contributed by atoms with Gasteiger partial charge in [0.05, 0.1) is 12.2 Å². The van der Waals surface area contributed by atoms with Crippen LogP contribution in [0.15, 0.2) is 30.3 Å². The first-order valence-corrected chi connectivity index (χ1v) is 9.87. The van der Waals surface area contributed by atoms with Crippen molar-refractivity contribution in [2.75, 3.05) is 6.54 Å². The van der Waals surface area contributed by atoms with Crippen LogP contribution in [-0.4, -0.2) is 28.1 Å². The smallest absolute Gasteiger partial charge is 0.410 e. The van der Waals surface area contributed by atoms with Crippen LogP contribution < -0.4 is 4.74 Å². The molecule has 2 heterocycles.